The Morgan fingerprint density at radius 3 is 2.83 bits per heavy atom. The minimum atomic E-state index is 0.441. The van der Waals surface area contributed by atoms with Gasteiger partial charge in [-0.05, 0) is 24.1 Å². The van der Waals surface area contributed by atoms with Crippen molar-refractivity contribution in [2.24, 2.45) is 0 Å². The van der Waals surface area contributed by atoms with Crippen LogP contribution < -0.4 is 4.74 Å². The first-order valence-electron chi connectivity index (χ1n) is 3.78. The van der Waals surface area contributed by atoms with Crippen LogP contribution in [0.5, 0.6) is 5.75 Å². The largest absolute Gasteiger partial charge is 0.496 e. The average molecular weight is 161 g/mol. The summed E-state index contributed by atoms with van der Waals surface area (Å²) in [7, 11) is 1.64. The van der Waals surface area contributed by atoms with E-state index in [1.807, 2.05) is 25.1 Å². The molecule has 1 aromatic carbocycles. The second kappa shape index (κ2) is 3.77. The minimum absolute atomic E-state index is 0.441. The zero-order valence-corrected chi connectivity index (χ0v) is 7.29. The van der Waals surface area contributed by atoms with Crippen LogP contribution in [-0.4, -0.2) is 7.11 Å². The molecule has 12 heavy (non-hydrogen) atoms. The van der Waals surface area contributed by atoms with Crippen LogP contribution in [0.15, 0.2) is 18.2 Å². The van der Waals surface area contributed by atoms with Crippen molar-refractivity contribution in [3.05, 3.63) is 29.3 Å². The van der Waals surface area contributed by atoms with Gasteiger partial charge in [-0.2, -0.15) is 5.26 Å². The number of hydrogen-bond acceptors (Lipinski definition) is 2. The molecule has 1 rings (SSSR count). The summed E-state index contributed by atoms with van der Waals surface area (Å²) in [5.41, 5.74) is 2.10. The first kappa shape index (κ1) is 8.61. The van der Waals surface area contributed by atoms with Gasteiger partial charge >= 0.3 is 0 Å². The predicted molar refractivity (Wildman–Crippen MR) is 47.0 cm³/mol. The second-order valence-electron chi connectivity index (χ2n) is 2.64. The molecule has 0 unspecified atom stereocenters. The molecule has 0 aromatic heterocycles. The zero-order chi connectivity index (χ0) is 8.97. The fourth-order valence-corrected chi connectivity index (χ4v) is 1.07. The van der Waals surface area contributed by atoms with E-state index in [0.29, 0.717) is 6.42 Å². The normalized spacial score (nSPS) is 9.08. The third kappa shape index (κ3) is 1.76. The van der Waals surface area contributed by atoms with Gasteiger partial charge in [0, 0.05) is 0 Å². The molecule has 1 aromatic rings. The fourth-order valence-electron chi connectivity index (χ4n) is 1.07. The van der Waals surface area contributed by atoms with Crippen LogP contribution in [0.2, 0.25) is 0 Å². The Kier molecular flexibility index (Phi) is 2.71. The van der Waals surface area contributed by atoms with Crippen molar-refractivity contribution in [1.29, 1.82) is 5.26 Å². The van der Waals surface area contributed by atoms with Gasteiger partial charge in [0.1, 0.15) is 5.75 Å². The van der Waals surface area contributed by atoms with Crippen LogP contribution >= 0.6 is 0 Å². The maximum absolute atomic E-state index is 8.46. The maximum atomic E-state index is 8.46. The molecule has 0 bridgehead atoms. The van der Waals surface area contributed by atoms with Crippen molar-refractivity contribution in [1.82, 2.24) is 0 Å². The van der Waals surface area contributed by atoms with Crippen LogP contribution in [0.4, 0.5) is 0 Å². The first-order chi connectivity index (χ1) is 5.77. The minimum Gasteiger partial charge on any atom is -0.496 e. The molecule has 2 heteroatoms. The van der Waals surface area contributed by atoms with Crippen molar-refractivity contribution in [3.8, 4) is 11.8 Å². The number of ether oxygens (including phenoxy) is 1. The van der Waals surface area contributed by atoms with Crippen molar-refractivity contribution in [2.45, 2.75) is 13.3 Å². The molecule has 0 atom stereocenters. The first-order valence-corrected chi connectivity index (χ1v) is 3.78. The van der Waals surface area contributed by atoms with Gasteiger partial charge in [0.05, 0.1) is 19.6 Å². The molecular weight excluding hydrogens is 150 g/mol. The summed E-state index contributed by atoms with van der Waals surface area (Å²) in [4.78, 5) is 0. The predicted octanol–water partition coefficient (Wildman–Crippen LogP) is 2.07. The third-order valence-corrected chi connectivity index (χ3v) is 1.76. The maximum Gasteiger partial charge on any atom is 0.122 e. The van der Waals surface area contributed by atoms with Crippen LogP contribution in [0.3, 0.4) is 0 Å². The van der Waals surface area contributed by atoms with Gasteiger partial charge in [0.2, 0.25) is 0 Å². The zero-order valence-electron chi connectivity index (χ0n) is 7.29. The van der Waals surface area contributed by atoms with E-state index in [1.165, 1.54) is 0 Å². The Hall–Kier alpha value is -1.49. The highest BCUT2D eigenvalue weighted by Crippen LogP contribution is 2.18. The number of rotatable bonds is 2. The Balaban J connectivity index is 2.98. The van der Waals surface area contributed by atoms with E-state index in [2.05, 4.69) is 6.07 Å². The lowest BCUT2D eigenvalue weighted by atomic mass is 10.1. The quantitative estimate of drug-likeness (QED) is 0.665. The van der Waals surface area contributed by atoms with E-state index in [0.717, 1.165) is 16.9 Å². The average Bonchev–Trinajstić information content (AvgIpc) is 2.09. The monoisotopic (exact) mass is 161 g/mol. The van der Waals surface area contributed by atoms with E-state index < -0.39 is 0 Å². The van der Waals surface area contributed by atoms with Crippen molar-refractivity contribution in [3.63, 3.8) is 0 Å². The fraction of sp³-hybridized carbons (Fsp3) is 0.300. The van der Waals surface area contributed by atoms with Gasteiger partial charge in [0.25, 0.3) is 0 Å². The number of nitrogens with zero attached hydrogens (tertiary/aromatic N) is 1. The highest BCUT2D eigenvalue weighted by molar-refractivity contribution is 5.37. The van der Waals surface area contributed by atoms with Gasteiger partial charge in [0.15, 0.2) is 0 Å². The molecule has 0 spiro atoms. The van der Waals surface area contributed by atoms with Crippen LogP contribution in [0, 0.1) is 18.3 Å². The topological polar surface area (TPSA) is 33.0 Å². The molecule has 0 aliphatic carbocycles. The molecule has 0 fully saturated rings. The molecular formula is C10H11NO. The summed E-state index contributed by atoms with van der Waals surface area (Å²) in [6.45, 7) is 1.98. The SMILES string of the molecule is COc1cc(CC#N)ccc1C. The van der Waals surface area contributed by atoms with E-state index >= 15 is 0 Å². The van der Waals surface area contributed by atoms with Gasteiger partial charge in [-0.15, -0.1) is 0 Å². The summed E-state index contributed by atoms with van der Waals surface area (Å²) in [5, 5.41) is 8.46. The number of benzene rings is 1. The Morgan fingerprint density at radius 2 is 2.25 bits per heavy atom. The van der Waals surface area contributed by atoms with Crippen molar-refractivity contribution in [2.75, 3.05) is 7.11 Å². The molecule has 0 aliphatic rings. The number of aryl methyl sites for hydroxylation is 1. The smallest absolute Gasteiger partial charge is 0.122 e. The van der Waals surface area contributed by atoms with Gasteiger partial charge in [-0.25, -0.2) is 0 Å². The number of hydrogen-bond donors (Lipinski definition) is 0. The Morgan fingerprint density at radius 1 is 1.50 bits per heavy atom. The Bertz CT molecular complexity index is 312. The summed E-state index contributed by atoms with van der Waals surface area (Å²) in [5.74, 6) is 0.850. The van der Waals surface area contributed by atoms with Crippen molar-refractivity contribution >= 4 is 0 Å². The lowest BCUT2D eigenvalue weighted by Gasteiger charge is -2.04. The molecule has 0 saturated carbocycles. The van der Waals surface area contributed by atoms with Crippen LogP contribution in [-0.2, 0) is 6.42 Å². The lowest BCUT2D eigenvalue weighted by Crippen LogP contribution is -1.89. The van der Waals surface area contributed by atoms with E-state index in [1.54, 1.807) is 7.11 Å². The number of methoxy groups -OCH3 is 1. The third-order valence-electron chi connectivity index (χ3n) is 1.76. The molecule has 0 N–H and O–H groups in total. The molecule has 0 aliphatic heterocycles. The lowest BCUT2D eigenvalue weighted by molar-refractivity contribution is 0.411. The summed E-state index contributed by atoms with van der Waals surface area (Å²) < 4.78 is 5.12. The summed E-state index contributed by atoms with van der Waals surface area (Å²) in [6.07, 6.45) is 0.441. The summed E-state index contributed by atoms with van der Waals surface area (Å²) >= 11 is 0. The van der Waals surface area contributed by atoms with E-state index in [4.69, 9.17) is 10.00 Å². The van der Waals surface area contributed by atoms with Crippen molar-refractivity contribution < 1.29 is 4.74 Å². The molecule has 0 heterocycles. The number of nitriles is 1. The van der Waals surface area contributed by atoms with Gasteiger partial charge < -0.3 is 4.74 Å². The molecule has 0 radical (unpaired) electrons. The van der Waals surface area contributed by atoms with E-state index in [-0.39, 0.29) is 0 Å². The molecule has 62 valence electrons. The standard InChI is InChI=1S/C10H11NO/c1-8-3-4-9(5-6-11)7-10(8)12-2/h3-4,7H,5H2,1-2H3. The summed E-state index contributed by atoms with van der Waals surface area (Å²) in [6, 6.07) is 7.91. The molecule has 0 saturated heterocycles. The van der Waals surface area contributed by atoms with Crippen LogP contribution in [0.25, 0.3) is 0 Å². The van der Waals surface area contributed by atoms with Gasteiger partial charge in [-0.1, -0.05) is 12.1 Å². The van der Waals surface area contributed by atoms with Gasteiger partial charge in [-0.3, -0.25) is 0 Å². The molecule has 0 amide bonds. The Labute approximate surface area is 72.4 Å². The van der Waals surface area contributed by atoms with Crippen LogP contribution in [0.1, 0.15) is 11.1 Å². The molecule has 2 nitrogen and oxygen atoms in total. The second-order valence-corrected chi connectivity index (χ2v) is 2.64. The van der Waals surface area contributed by atoms with E-state index in [9.17, 15) is 0 Å². The highest BCUT2D eigenvalue weighted by atomic mass is 16.5. The highest BCUT2D eigenvalue weighted by Gasteiger charge is 1.98.